The highest BCUT2D eigenvalue weighted by Gasteiger charge is 2.28. The lowest BCUT2D eigenvalue weighted by Crippen LogP contribution is -2.41. The Balaban J connectivity index is 1.56. The third-order valence-corrected chi connectivity index (χ3v) is 5.05. The van der Waals surface area contributed by atoms with Crippen LogP contribution in [0, 0.1) is 5.92 Å². The molecular formula is C18H21N3O3S. The first-order valence-electron chi connectivity index (χ1n) is 8.40. The highest BCUT2D eigenvalue weighted by Crippen LogP contribution is 2.25. The molecule has 25 heavy (non-hydrogen) atoms. The fourth-order valence-corrected chi connectivity index (χ4v) is 3.56. The van der Waals surface area contributed by atoms with E-state index in [9.17, 15) is 9.59 Å². The number of pyridine rings is 1. The fraction of sp³-hybridized carbons (Fsp3) is 0.389. The summed E-state index contributed by atoms with van der Waals surface area (Å²) in [4.78, 5) is 31.6. The number of nitrogens with one attached hydrogen (secondary N) is 1. The van der Waals surface area contributed by atoms with Crippen LogP contribution in [0.15, 0.2) is 35.8 Å². The molecular weight excluding hydrogens is 338 g/mol. The van der Waals surface area contributed by atoms with Crippen LogP contribution in [0.4, 0.5) is 5.69 Å². The number of anilines is 1. The molecule has 0 spiro atoms. The maximum Gasteiger partial charge on any atom is 0.263 e. The van der Waals surface area contributed by atoms with E-state index in [1.54, 1.807) is 18.3 Å². The molecule has 0 unspecified atom stereocenters. The average molecular weight is 359 g/mol. The summed E-state index contributed by atoms with van der Waals surface area (Å²) in [7, 11) is 0. The van der Waals surface area contributed by atoms with Gasteiger partial charge < -0.3 is 15.0 Å². The number of hydrogen-bond acceptors (Lipinski definition) is 5. The van der Waals surface area contributed by atoms with Crippen LogP contribution < -0.4 is 10.1 Å². The van der Waals surface area contributed by atoms with Crippen molar-refractivity contribution in [3.63, 3.8) is 0 Å². The van der Waals surface area contributed by atoms with Gasteiger partial charge in [0, 0.05) is 25.2 Å². The zero-order valence-electron chi connectivity index (χ0n) is 14.1. The van der Waals surface area contributed by atoms with Gasteiger partial charge in [-0.25, -0.2) is 4.98 Å². The first kappa shape index (κ1) is 17.4. The summed E-state index contributed by atoms with van der Waals surface area (Å²) in [6.45, 7) is 3.56. The van der Waals surface area contributed by atoms with Crippen molar-refractivity contribution >= 4 is 28.8 Å². The zero-order chi connectivity index (χ0) is 17.6. The lowest BCUT2D eigenvalue weighted by Gasteiger charge is -2.31. The number of piperidine rings is 1. The monoisotopic (exact) mass is 359 g/mol. The Kier molecular flexibility index (Phi) is 5.65. The van der Waals surface area contributed by atoms with Crippen molar-refractivity contribution in [2.24, 2.45) is 5.92 Å². The molecule has 0 bridgehead atoms. The second kappa shape index (κ2) is 8.11. The number of hydrogen-bond donors (Lipinski definition) is 1. The summed E-state index contributed by atoms with van der Waals surface area (Å²) >= 11 is 1.45. The van der Waals surface area contributed by atoms with Gasteiger partial charge in [0.2, 0.25) is 11.8 Å². The van der Waals surface area contributed by atoms with Crippen LogP contribution in [0.25, 0.3) is 0 Å². The van der Waals surface area contributed by atoms with Crippen molar-refractivity contribution in [3.05, 3.63) is 40.7 Å². The number of rotatable bonds is 5. The number of amides is 2. The predicted octanol–water partition coefficient (Wildman–Crippen LogP) is 3.03. The normalized spacial score (nSPS) is 15.0. The van der Waals surface area contributed by atoms with E-state index in [-0.39, 0.29) is 17.7 Å². The molecule has 1 saturated heterocycles. The van der Waals surface area contributed by atoms with Gasteiger partial charge in [-0.1, -0.05) is 6.07 Å². The Hall–Kier alpha value is -2.41. The van der Waals surface area contributed by atoms with Gasteiger partial charge in [-0.2, -0.15) is 0 Å². The van der Waals surface area contributed by atoms with Crippen LogP contribution in [0.1, 0.15) is 29.4 Å². The van der Waals surface area contributed by atoms with Gasteiger partial charge in [-0.15, -0.1) is 11.3 Å². The summed E-state index contributed by atoms with van der Waals surface area (Å²) in [6.07, 6.45) is 2.95. The van der Waals surface area contributed by atoms with Gasteiger partial charge in [0.25, 0.3) is 5.91 Å². The number of aromatic nitrogens is 1. The molecule has 1 N–H and O–H groups in total. The summed E-state index contributed by atoms with van der Waals surface area (Å²) in [5, 5.41) is 4.81. The summed E-state index contributed by atoms with van der Waals surface area (Å²) in [5.41, 5.74) is 0.589. The largest absolute Gasteiger partial charge is 0.476 e. The van der Waals surface area contributed by atoms with Crippen molar-refractivity contribution in [1.82, 2.24) is 9.88 Å². The molecule has 0 aliphatic carbocycles. The lowest BCUT2D eigenvalue weighted by atomic mass is 9.95. The number of carbonyl (C=O) groups excluding carboxylic acids is 2. The Morgan fingerprint density at radius 1 is 1.32 bits per heavy atom. The van der Waals surface area contributed by atoms with Crippen LogP contribution in [0.2, 0.25) is 0 Å². The molecule has 1 aliphatic heterocycles. The van der Waals surface area contributed by atoms with Crippen LogP contribution in [0.3, 0.4) is 0 Å². The molecule has 0 atom stereocenters. The lowest BCUT2D eigenvalue weighted by molar-refractivity contribution is -0.121. The smallest absolute Gasteiger partial charge is 0.263 e. The molecule has 3 heterocycles. The minimum atomic E-state index is -0.109. The second-order valence-corrected chi connectivity index (χ2v) is 6.77. The first-order valence-corrected chi connectivity index (χ1v) is 9.28. The minimum absolute atomic E-state index is 0.0443. The molecule has 0 aromatic carbocycles. The highest BCUT2D eigenvalue weighted by atomic mass is 32.1. The van der Waals surface area contributed by atoms with Crippen molar-refractivity contribution < 1.29 is 14.3 Å². The summed E-state index contributed by atoms with van der Waals surface area (Å²) in [6, 6.07) is 7.26. The molecule has 2 aromatic rings. The van der Waals surface area contributed by atoms with E-state index >= 15 is 0 Å². The van der Waals surface area contributed by atoms with E-state index in [0.717, 1.165) is 4.88 Å². The summed E-state index contributed by atoms with van der Waals surface area (Å²) < 4.78 is 5.44. The third kappa shape index (κ3) is 4.17. The van der Waals surface area contributed by atoms with Gasteiger partial charge >= 0.3 is 0 Å². The van der Waals surface area contributed by atoms with Gasteiger partial charge in [0.1, 0.15) is 5.69 Å². The number of likely N-dealkylation sites (tertiary alicyclic amines) is 1. The maximum atomic E-state index is 12.5. The van der Waals surface area contributed by atoms with Gasteiger partial charge in [-0.3, -0.25) is 9.59 Å². The third-order valence-electron chi connectivity index (χ3n) is 4.20. The number of carbonyl (C=O) groups is 2. The fourth-order valence-electron chi connectivity index (χ4n) is 2.87. The van der Waals surface area contributed by atoms with E-state index in [1.807, 2.05) is 29.3 Å². The van der Waals surface area contributed by atoms with E-state index < -0.39 is 0 Å². The van der Waals surface area contributed by atoms with Crippen molar-refractivity contribution in [1.29, 1.82) is 0 Å². The topological polar surface area (TPSA) is 71.5 Å². The average Bonchev–Trinajstić information content (AvgIpc) is 3.18. The SMILES string of the molecule is CCOc1ncccc1NC(=O)C1CCN(C(=O)c2cccs2)CC1. The number of nitrogens with zero attached hydrogens (tertiary/aromatic N) is 2. The van der Waals surface area contributed by atoms with Crippen LogP contribution in [0.5, 0.6) is 5.88 Å². The van der Waals surface area contributed by atoms with Gasteiger partial charge in [0.05, 0.1) is 11.5 Å². The van der Waals surface area contributed by atoms with Crippen molar-refractivity contribution in [2.75, 3.05) is 25.0 Å². The molecule has 2 amide bonds. The van der Waals surface area contributed by atoms with E-state index in [2.05, 4.69) is 10.3 Å². The van der Waals surface area contributed by atoms with Gasteiger partial charge in [0.15, 0.2) is 0 Å². The maximum absolute atomic E-state index is 12.5. The molecule has 0 saturated carbocycles. The molecule has 132 valence electrons. The minimum Gasteiger partial charge on any atom is -0.476 e. The van der Waals surface area contributed by atoms with Crippen molar-refractivity contribution in [2.45, 2.75) is 19.8 Å². The Morgan fingerprint density at radius 2 is 2.12 bits per heavy atom. The van der Waals surface area contributed by atoms with Crippen LogP contribution in [-0.4, -0.2) is 41.4 Å². The van der Waals surface area contributed by atoms with Crippen LogP contribution >= 0.6 is 11.3 Å². The van der Waals surface area contributed by atoms with Gasteiger partial charge in [-0.05, 0) is 43.3 Å². The Bertz CT molecular complexity index is 725. The molecule has 6 nitrogen and oxygen atoms in total. The molecule has 7 heteroatoms. The van der Waals surface area contributed by atoms with E-state index in [4.69, 9.17) is 4.74 Å². The van der Waals surface area contributed by atoms with E-state index in [0.29, 0.717) is 44.1 Å². The van der Waals surface area contributed by atoms with E-state index in [1.165, 1.54) is 11.3 Å². The molecule has 1 fully saturated rings. The molecule has 2 aromatic heterocycles. The Morgan fingerprint density at radius 3 is 2.80 bits per heavy atom. The number of ether oxygens (including phenoxy) is 1. The predicted molar refractivity (Wildman–Crippen MR) is 97.0 cm³/mol. The first-order chi connectivity index (χ1) is 12.2. The standard InChI is InChI=1S/C18H21N3O3S/c1-2-24-17-14(5-3-9-19-17)20-16(22)13-7-10-21(11-8-13)18(23)15-6-4-12-25-15/h3-6,9,12-13H,2,7-8,10-11H2,1H3,(H,20,22). The zero-order valence-corrected chi connectivity index (χ0v) is 14.9. The summed E-state index contributed by atoms with van der Waals surface area (Å²) in [5.74, 6) is 0.336. The quantitative estimate of drug-likeness (QED) is 0.891. The molecule has 3 rings (SSSR count). The van der Waals surface area contributed by atoms with Crippen molar-refractivity contribution in [3.8, 4) is 5.88 Å². The Labute approximate surface area is 150 Å². The molecule has 0 radical (unpaired) electrons. The molecule has 1 aliphatic rings. The second-order valence-electron chi connectivity index (χ2n) is 5.82. The highest BCUT2D eigenvalue weighted by molar-refractivity contribution is 7.12. The number of thiophene rings is 1. The van der Waals surface area contributed by atoms with Crippen LogP contribution in [-0.2, 0) is 4.79 Å².